The monoisotopic (exact) mass is 868 g/mol. The van der Waals surface area contributed by atoms with Crippen LogP contribution in [0.2, 0.25) is 0 Å². The summed E-state index contributed by atoms with van der Waals surface area (Å²) >= 11 is 0. The van der Waals surface area contributed by atoms with Crippen LogP contribution in [0.25, 0.3) is 28.0 Å². The SMILES string of the molecule is CCC(Cc1ccc2c(c1)Oc1cccc3c1N2c1ccc(C2NC(c4ccc(-c5ccccc5)cc4)=C4C=CC=CC4N2)cc1O3)c1ccccc1C(=N)c1ccc(-c2ccccc2)cc1. The molecule has 0 saturated carbocycles. The van der Waals surface area contributed by atoms with E-state index in [1.165, 1.54) is 33.4 Å². The van der Waals surface area contributed by atoms with E-state index in [-0.39, 0.29) is 18.1 Å². The van der Waals surface area contributed by atoms with E-state index in [1.54, 1.807) is 0 Å². The van der Waals surface area contributed by atoms with Crippen LogP contribution in [0.3, 0.4) is 0 Å². The minimum Gasteiger partial charge on any atom is -0.453 e. The normalized spacial score (nSPS) is 16.6. The first-order valence-electron chi connectivity index (χ1n) is 23.2. The Morgan fingerprint density at radius 1 is 0.597 bits per heavy atom. The number of ether oxygens (including phenoxy) is 2. The molecule has 12 rings (SSSR count). The van der Waals surface area contributed by atoms with E-state index in [0.29, 0.717) is 5.71 Å². The molecule has 0 radical (unpaired) electrons. The van der Waals surface area contributed by atoms with Gasteiger partial charge < -0.3 is 14.8 Å². The Hall–Kier alpha value is -8.19. The van der Waals surface area contributed by atoms with Crippen molar-refractivity contribution in [3.63, 3.8) is 0 Å². The topological polar surface area (TPSA) is 69.6 Å². The summed E-state index contributed by atoms with van der Waals surface area (Å²) in [5.41, 5.74) is 16.9. The Balaban J connectivity index is 0.823. The molecule has 0 aromatic heterocycles. The summed E-state index contributed by atoms with van der Waals surface area (Å²) in [7, 11) is 0. The zero-order valence-corrected chi connectivity index (χ0v) is 37.1. The quantitative estimate of drug-likeness (QED) is 0.119. The van der Waals surface area contributed by atoms with Gasteiger partial charge in [-0.3, -0.25) is 15.6 Å². The fourth-order valence-electron chi connectivity index (χ4n) is 10.1. The van der Waals surface area contributed by atoms with Gasteiger partial charge in [0.1, 0.15) is 11.9 Å². The van der Waals surface area contributed by atoms with Crippen molar-refractivity contribution >= 4 is 28.5 Å². The number of hydrogen-bond acceptors (Lipinski definition) is 6. The molecule has 3 N–H and O–H groups in total. The third-order valence-corrected chi connectivity index (χ3v) is 13.6. The van der Waals surface area contributed by atoms with E-state index < -0.39 is 0 Å². The van der Waals surface area contributed by atoms with Crippen molar-refractivity contribution in [2.45, 2.75) is 37.9 Å². The molecule has 0 saturated heterocycles. The summed E-state index contributed by atoms with van der Waals surface area (Å²) in [5, 5.41) is 17.1. The minimum absolute atomic E-state index is 0.0473. The average Bonchev–Trinajstić information content (AvgIpc) is 3.40. The highest BCUT2D eigenvalue weighted by Crippen LogP contribution is 2.60. The van der Waals surface area contributed by atoms with Crippen molar-refractivity contribution < 1.29 is 9.47 Å². The van der Waals surface area contributed by atoms with E-state index in [4.69, 9.17) is 9.47 Å². The molecular formula is C61H48N4O2. The first-order valence-corrected chi connectivity index (χ1v) is 23.2. The van der Waals surface area contributed by atoms with Crippen LogP contribution in [-0.4, -0.2) is 11.8 Å². The first-order chi connectivity index (χ1) is 33.1. The van der Waals surface area contributed by atoms with Crippen molar-refractivity contribution in [3.8, 4) is 45.3 Å². The number of benzene rings is 8. The highest BCUT2D eigenvalue weighted by atomic mass is 16.5. The maximum atomic E-state index is 9.39. The van der Waals surface area contributed by atoms with Gasteiger partial charge in [0, 0.05) is 16.8 Å². The van der Waals surface area contributed by atoms with Gasteiger partial charge in [0.25, 0.3) is 0 Å². The number of nitrogens with zero attached hydrogens (tertiary/aromatic N) is 1. The molecule has 6 nitrogen and oxygen atoms in total. The largest absolute Gasteiger partial charge is 0.453 e. The molecule has 3 unspecified atom stereocenters. The van der Waals surface area contributed by atoms with E-state index >= 15 is 0 Å². The van der Waals surface area contributed by atoms with Gasteiger partial charge in [-0.25, -0.2) is 0 Å². The molecule has 4 aliphatic rings. The lowest BCUT2D eigenvalue weighted by atomic mass is 9.84. The van der Waals surface area contributed by atoms with Gasteiger partial charge in [-0.2, -0.15) is 0 Å². The molecule has 8 aromatic carbocycles. The van der Waals surface area contributed by atoms with E-state index in [1.807, 2.05) is 30.3 Å². The second kappa shape index (κ2) is 17.0. The molecule has 0 fully saturated rings. The summed E-state index contributed by atoms with van der Waals surface area (Å²) in [6.45, 7) is 2.24. The first kappa shape index (κ1) is 40.3. The zero-order chi connectivity index (χ0) is 44.8. The number of rotatable bonds is 10. The van der Waals surface area contributed by atoms with Gasteiger partial charge in [-0.05, 0) is 105 Å². The lowest BCUT2D eigenvalue weighted by Crippen LogP contribution is -2.45. The third kappa shape index (κ3) is 7.42. The Morgan fingerprint density at radius 3 is 1.91 bits per heavy atom. The highest BCUT2D eigenvalue weighted by molar-refractivity contribution is 6.12. The minimum atomic E-state index is -0.171. The van der Waals surface area contributed by atoms with Gasteiger partial charge in [0.15, 0.2) is 23.0 Å². The Bertz CT molecular complexity index is 3280. The number of nitrogens with one attached hydrogen (secondary N) is 3. The van der Waals surface area contributed by atoms with E-state index in [9.17, 15) is 5.41 Å². The standard InChI is InChI=1S/C61H48N4O2/c1-2-40(48-18-9-10-19-49(48)58(62)45-29-25-43(26-30-45)41-14-5-3-6-15-41)36-39-24-34-52-56(37-39)66-54-22-13-23-55-60(54)65(52)53-35-33-47(38-57(53)67-55)61-63-51-21-12-11-20-50(51)59(64-61)46-31-27-44(28-32-46)42-16-7-4-8-17-42/h3-35,37-38,40,51,61-64H,2,36H2,1H3. The Kier molecular flexibility index (Phi) is 10.2. The van der Waals surface area contributed by atoms with Crippen LogP contribution in [0, 0.1) is 5.41 Å². The maximum Gasteiger partial charge on any atom is 0.155 e. The number of allylic oxidation sites excluding steroid dienone is 2. The smallest absolute Gasteiger partial charge is 0.155 e. The number of fused-ring (bicyclic) bond motifs is 5. The molecular weight excluding hydrogens is 821 g/mol. The van der Waals surface area contributed by atoms with Gasteiger partial charge in [0.2, 0.25) is 0 Å². The van der Waals surface area contributed by atoms with Crippen LogP contribution in [0.1, 0.15) is 58.8 Å². The fraction of sp³-hybridized carbons (Fsp3) is 0.0984. The van der Waals surface area contributed by atoms with Crippen LogP contribution in [0.4, 0.5) is 17.1 Å². The molecule has 6 heteroatoms. The molecule has 3 aliphatic heterocycles. The lowest BCUT2D eigenvalue weighted by molar-refractivity contribution is 0.438. The second-order valence-electron chi connectivity index (χ2n) is 17.6. The van der Waals surface area contributed by atoms with Gasteiger partial charge in [-0.15, -0.1) is 0 Å². The molecule has 3 atom stereocenters. The van der Waals surface area contributed by atoms with Gasteiger partial charge >= 0.3 is 0 Å². The number of anilines is 3. The van der Waals surface area contributed by atoms with E-state index in [2.05, 4.69) is 204 Å². The Labute approximate surface area is 391 Å². The molecule has 0 amide bonds. The molecule has 0 spiro atoms. The van der Waals surface area contributed by atoms with E-state index in [0.717, 1.165) is 86.4 Å². The van der Waals surface area contributed by atoms with Crippen LogP contribution in [0.5, 0.6) is 23.0 Å². The van der Waals surface area contributed by atoms with Gasteiger partial charge in [-0.1, -0.05) is 183 Å². The number of para-hydroxylation sites is 1. The summed E-state index contributed by atoms with van der Waals surface area (Å²) in [5.74, 6) is 3.30. The molecule has 1 aliphatic carbocycles. The second-order valence-corrected chi connectivity index (χ2v) is 17.6. The Morgan fingerprint density at radius 2 is 1.21 bits per heavy atom. The zero-order valence-electron chi connectivity index (χ0n) is 37.1. The summed E-state index contributed by atoms with van der Waals surface area (Å²) < 4.78 is 13.5. The fourth-order valence-corrected chi connectivity index (χ4v) is 10.1. The molecule has 8 aromatic rings. The maximum absolute atomic E-state index is 9.39. The summed E-state index contributed by atoms with van der Waals surface area (Å²) in [6.07, 6.45) is 10.2. The summed E-state index contributed by atoms with van der Waals surface area (Å²) in [6, 6.07) is 65.8. The van der Waals surface area contributed by atoms with Crippen molar-refractivity contribution in [2.24, 2.45) is 0 Å². The van der Waals surface area contributed by atoms with Crippen molar-refractivity contribution in [1.29, 1.82) is 5.41 Å². The van der Waals surface area contributed by atoms with Crippen LogP contribution < -0.4 is 25.0 Å². The third-order valence-electron chi connectivity index (χ3n) is 13.6. The predicted molar refractivity (Wildman–Crippen MR) is 272 cm³/mol. The number of hydrogen-bond donors (Lipinski definition) is 3. The summed E-state index contributed by atoms with van der Waals surface area (Å²) in [4.78, 5) is 2.29. The average molecular weight is 869 g/mol. The van der Waals surface area contributed by atoms with Crippen molar-refractivity contribution in [3.05, 3.63) is 251 Å². The van der Waals surface area contributed by atoms with Crippen molar-refractivity contribution in [1.82, 2.24) is 10.6 Å². The van der Waals surface area contributed by atoms with Gasteiger partial charge in [0.05, 0.1) is 23.1 Å². The van der Waals surface area contributed by atoms with Crippen molar-refractivity contribution in [2.75, 3.05) is 4.90 Å². The molecule has 0 bridgehead atoms. The predicted octanol–water partition coefficient (Wildman–Crippen LogP) is 15.0. The molecule has 3 heterocycles. The van der Waals surface area contributed by atoms with Crippen LogP contribution in [-0.2, 0) is 6.42 Å². The lowest BCUT2D eigenvalue weighted by Gasteiger charge is -2.39. The van der Waals surface area contributed by atoms with Crippen LogP contribution >= 0.6 is 0 Å². The highest BCUT2D eigenvalue weighted by Gasteiger charge is 2.36. The molecule has 67 heavy (non-hydrogen) atoms. The molecule has 324 valence electrons. The van der Waals surface area contributed by atoms with Crippen LogP contribution in [0.15, 0.2) is 218 Å².